The first kappa shape index (κ1) is 19.2. The van der Waals surface area contributed by atoms with Gasteiger partial charge in [-0.3, -0.25) is 0 Å². The summed E-state index contributed by atoms with van der Waals surface area (Å²) in [6.45, 7) is -0.417. The van der Waals surface area contributed by atoms with Crippen LogP contribution in [0, 0.1) is 12.3 Å². The van der Waals surface area contributed by atoms with E-state index in [-0.39, 0.29) is 29.4 Å². The second-order valence-electron chi connectivity index (χ2n) is 4.90. The van der Waals surface area contributed by atoms with E-state index < -0.39 is 22.0 Å². The van der Waals surface area contributed by atoms with Gasteiger partial charge in [0.15, 0.2) is 0 Å². The van der Waals surface area contributed by atoms with E-state index in [2.05, 4.69) is 15.4 Å². The Morgan fingerprint density at radius 3 is 2.73 bits per heavy atom. The molecule has 2 rings (SSSR count). The van der Waals surface area contributed by atoms with Gasteiger partial charge in [-0.05, 0) is 24.3 Å². The zero-order valence-electron chi connectivity index (χ0n) is 13.7. The van der Waals surface area contributed by atoms with Gasteiger partial charge in [-0.15, -0.1) is 6.42 Å². The van der Waals surface area contributed by atoms with Gasteiger partial charge in [0.2, 0.25) is 15.8 Å². The average molecular weight is 377 g/mol. The number of nitrogens with one attached hydrogen (secondary N) is 1. The summed E-state index contributed by atoms with van der Waals surface area (Å²) < 4.78 is 40.9. The fraction of sp³-hybridized carbons (Fsp3) is 0.176. The topological polar surface area (TPSA) is 112 Å². The van der Waals surface area contributed by atoms with Crippen molar-refractivity contribution in [2.75, 3.05) is 13.7 Å². The zero-order chi connectivity index (χ0) is 19.2. The van der Waals surface area contributed by atoms with Crippen molar-refractivity contribution in [1.29, 1.82) is 0 Å². The number of esters is 2. The van der Waals surface area contributed by atoms with Crippen LogP contribution >= 0.6 is 0 Å². The molecule has 9 heteroatoms. The molecule has 0 amide bonds. The van der Waals surface area contributed by atoms with Crippen molar-refractivity contribution in [1.82, 2.24) is 4.72 Å². The number of carbonyl (C=O) groups excluding carboxylic acids is 2. The highest BCUT2D eigenvalue weighted by molar-refractivity contribution is 7.89. The van der Waals surface area contributed by atoms with Gasteiger partial charge >= 0.3 is 11.9 Å². The summed E-state index contributed by atoms with van der Waals surface area (Å²) in [5, 5.41) is 0. The summed E-state index contributed by atoms with van der Waals surface area (Å²) >= 11 is 0. The molecule has 0 saturated carbocycles. The van der Waals surface area contributed by atoms with Crippen molar-refractivity contribution in [2.45, 2.75) is 11.5 Å². The fourth-order valence-corrected chi connectivity index (χ4v) is 2.94. The molecule has 1 heterocycles. The Labute approximate surface area is 150 Å². The lowest BCUT2D eigenvalue weighted by atomic mass is 10.2. The van der Waals surface area contributed by atoms with E-state index >= 15 is 0 Å². The van der Waals surface area contributed by atoms with Gasteiger partial charge < -0.3 is 13.9 Å². The lowest BCUT2D eigenvalue weighted by molar-refractivity contribution is 0.0453. The number of benzene rings is 1. The number of ether oxygens (including phenoxy) is 2. The number of rotatable bonds is 7. The molecule has 0 atom stereocenters. The van der Waals surface area contributed by atoms with Gasteiger partial charge in [0.05, 0.1) is 30.4 Å². The maximum atomic E-state index is 12.2. The molecule has 0 bridgehead atoms. The molecule has 136 valence electrons. The molecule has 8 nitrogen and oxygen atoms in total. The largest absolute Gasteiger partial charge is 0.463 e. The molecule has 1 aromatic carbocycles. The number of carbonyl (C=O) groups is 2. The van der Waals surface area contributed by atoms with Gasteiger partial charge in [0, 0.05) is 5.56 Å². The summed E-state index contributed by atoms with van der Waals surface area (Å²) in [6, 6.07) is 6.75. The predicted molar refractivity (Wildman–Crippen MR) is 89.6 cm³/mol. The number of furan rings is 1. The molecular formula is C17H15NO7S. The van der Waals surface area contributed by atoms with Crippen molar-refractivity contribution < 1.29 is 31.9 Å². The third kappa shape index (κ3) is 4.50. The minimum absolute atomic E-state index is 0.0247. The maximum absolute atomic E-state index is 12.2. The van der Waals surface area contributed by atoms with Crippen LogP contribution in [0.2, 0.25) is 0 Å². The van der Waals surface area contributed by atoms with E-state index in [4.69, 9.17) is 15.6 Å². The Morgan fingerprint density at radius 1 is 1.27 bits per heavy atom. The Kier molecular flexibility index (Phi) is 6.16. The highest BCUT2D eigenvalue weighted by atomic mass is 32.2. The van der Waals surface area contributed by atoms with Gasteiger partial charge in [-0.2, -0.15) is 4.72 Å². The number of hydrogen-bond acceptors (Lipinski definition) is 7. The van der Waals surface area contributed by atoms with Crippen LogP contribution in [0.4, 0.5) is 0 Å². The first-order valence-electron chi connectivity index (χ1n) is 7.24. The van der Waals surface area contributed by atoms with E-state index in [1.165, 1.54) is 37.6 Å². The monoisotopic (exact) mass is 377 g/mol. The normalized spacial score (nSPS) is 10.8. The number of sulfonamides is 1. The standard InChI is InChI=1S/C17H15NO7S/c1-3-8-18-26(21,22)14-6-4-5-12(10-14)16(19)25-11-13-7-9-24-15(13)17(20)23-2/h1,4-7,9-10,18H,8,11H2,2H3. The van der Waals surface area contributed by atoms with E-state index in [0.29, 0.717) is 5.56 Å². The second-order valence-corrected chi connectivity index (χ2v) is 6.67. The van der Waals surface area contributed by atoms with E-state index in [0.717, 1.165) is 6.07 Å². The molecular weight excluding hydrogens is 362 g/mol. The van der Waals surface area contributed by atoms with E-state index in [1.807, 2.05) is 0 Å². The Bertz CT molecular complexity index is 953. The lowest BCUT2D eigenvalue weighted by Gasteiger charge is -2.07. The molecule has 0 aliphatic carbocycles. The SMILES string of the molecule is C#CCNS(=O)(=O)c1cccc(C(=O)OCc2ccoc2C(=O)OC)c1. The summed E-state index contributed by atoms with van der Waals surface area (Å²) in [4.78, 5) is 23.6. The Morgan fingerprint density at radius 2 is 2.04 bits per heavy atom. The molecule has 1 aromatic heterocycles. The zero-order valence-corrected chi connectivity index (χ0v) is 14.5. The molecule has 0 spiro atoms. The smallest absolute Gasteiger partial charge is 0.374 e. The molecule has 0 aliphatic rings. The molecule has 26 heavy (non-hydrogen) atoms. The van der Waals surface area contributed by atoms with Crippen molar-refractivity contribution in [2.24, 2.45) is 0 Å². The summed E-state index contributed by atoms with van der Waals surface area (Å²) in [7, 11) is -2.64. The summed E-state index contributed by atoms with van der Waals surface area (Å²) in [5.74, 6) is 0.616. The van der Waals surface area contributed by atoms with Crippen molar-refractivity contribution in [3.8, 4) is 12.3 Å². The minimum Gasteiger partial charge on any atom is -0.463 e. The van der Waals surface area contributed by atoms with Gasteiger partial charge in [-0.25, -0.2) is 18.0 Å². The minimum atomic E-state index is -3.83. The van der Waals surface area contributed by atoms with Crippen LogP contribution in [0.5, 0.6) is 0 Å². The van der Waals surface area contributed by atoms with Crippen LogP contribution in [0.25, 0.3) is 0 Å². The molecule has 0 unspecified atom stereocenters. The van der Waals surface area contributed by atoms with Crippen LogP contribution in [-0.2, 0) is 26.1 Å². The Balaban J connectivity index is 2.12. The molecule has 0 saturated heterocycles. The quantitative estimate of drug-likeness (QED) is 0.572. The first-order chi connectivity index (χ1) is 12.4. The van der Waals surface area contributed by atoms with Crippen LogP contribution in [0.1, 0.15) is 26.5 Å². The number of methoxy groups -OCH3 is 1. The third-order valence-electron chi connectivity index (χ3n) is 3.22. The van der Waals surface area contributed by atoms with Gasteiger partial charge in [0.25, 0.3) is 0 Å². The van der Waals surface area contributed by atoms with Crippen LogP contribution in [0.3, 0.4) is 0 Å². The molecule has 0 aliphatic heterocycles. The fourth-order valence-electron chi connectivity index (χ4n) is 1.96. The molecule has 2 aromatic rings. The molecule has 0 radical (unpaired) electrons. The molecule has 0 fully saturated rings. The van der Waals surface area contributed by atoms with Gasteiger partial charge in [0.1, 0.15) is 6.61 Å². The van der Waals surface area contributed by atoms with Crippen molar-refractivity contribution in [3.63, 3.8) is 0 Å². The maximum Gasteiger partial charge on any atom is 0.374 e. The third-order valence-corrected chi connectivity index (χ3v) is 4.62. The first-order valence-corrected chi connectivity index (χ1v) is 8.72. The average Bonchev–Trinajstić information content (AvgIpc) is 3.12. The van der Waals surface area contributed by atoms with Crippen LogP contribution in [0.15, 0.2) is 45.9 Å². The molecule has 1 N–H and O–H groups in total. The van der Waals surface area contributed by atoms with E-state index in [9.17, 15) is 18.0 Å². The second kappa shape index (κ2) is 8.33. The van der Waals surface area contributed by atoms with Crippen molar-refractivity contribution in [3.05, 3.63) is 53.5 Å². The summed E-state index contributed by atoms with van der Waals surface area (Å²) in [6.07, 6.45) is 6.29. The van der Waals surface area contributed by atoms with Gasteiger partial charge in [-0.1, -0.05) is 12.0 Å². The van der Waals surface area contributed by atoms with Crippen LogP contribution < -0.4 is 4.72 Å². The number of hydrogen-bond donors (Lipinski definition) is 1. The predicted octanol–water partition coefficient (Wildman–Crippen LogP) is 1.33. The highest BCUT2D eigenvalue weighted by Gasteiger charge is 2.19. The van der Waals surface area contributed by atoms with Crippen molar-refractivity contribution >= 4 is 22.0 Å². The highest BCUT2D eigenvalue weighted by Crippen LogP contribution is 2.16. The lowest BCUT2D eigenvalue weighted by Crippen LogP contribution is -2.24. The summed E-state index contributed by atoms with van der Waals surface area (Å²) in [5.41, 5.74) is 0.348. The number of terminal acetylenes is 1. The van der Waals surface area contributed by atoms with Crippen LogP contribution in [-0.4, -0.2) is 34.0 Å². The Hall–Kier alpha value is -3.09. The van der Waals surface area contributed by atoms with E-state index in [1.54, 1.807) is 0 Å².